The van der Waals surface area contributed by atoms with Crippen LogP contribution >= 0.6 is 35.2 Å². The number of halogens is 1. The number of hydrogen-bond donors (Lipinski definition) is 1. The maximum atomic E-state index is 6.61. The number of benzene rings is 1. The van der Waals surface area contributed by atoms with Gasteiger partial charge in [-0.3, -0.25) is 9.56 Å². The number of thiophene rings is 1. The third-order valence-corrected chi connectivity index (χ3v) is 7.48. The Kier molecular flexibility index (Phi) is 5.32. The fraction of sp³-hybridized carbons (Fsp3) is 0.364. The van der Waals surface area contributed by atoms with Gasteiger partial charge in [-0.15, -0.1) is 21.5 Å². The van der Waals surface area contributed by atoms with E-state index in [2.05, 4.69) is 38.8 Å². The van der Waals surface area contributed by atoms with Gasteiger partial charge in [-0.1, -0.05) is 29.8 Å². The molecule has 31 heavy (non-hydrogen) atoms. The smallest absolute Gasteiger partial charge is 0.169 e. The fourth-order valence-corrected chi connectivity index (χ4v) is 6.23. The number of aryl methyl sites for hydroxylation is 1. The van der Waals surface area contributed by atoms with Gasteiger partial charge in [-0.2, -0.15) is 0 Å². The molecular weight excluding hydrogens is 448 g/mol. The van der Waals surface area contributed by atoms with Crippen LogP contribution in [0.5, 0.6) is 0 Å². The van der Waals surface area contributed by atoms with Crippen LogP contribution in [0.2, 0.25) is 5.02 Å². The molecule has 2 aromatic heterocycles. The van der Waals surface area contributed by atoms with E-state index in [1.54, 1.807) is 11.3 Å². The highest BCUT2D eigenvalue weighted by atomic mass is 35.5. The monoisotopic (exact) mass is 470 g/mol. The molecule has 0 saturated heterocycles. The predicted octanol–water partition coefficient (Wildman–Crippen LogP) is 4.28. The molecule has 0 amide bonds. The zero-order valence-corrected chi connectivity index (χ0v) is 20.0. The van der Waals surface area contributed by atoms with Crippen LogP contribution in [-0.4, -0.2) is 43.1 Å². The lowest BCUT2D eigenvalue weighted by Crippen LogP contribution is -2.44. The number of aromatic nitrogens is 3. The molecule has 9 heteroatoms. The summed E-state index contributed by atoms with van der Waals surface area (Å²) in [6, 6.07) is 8.25. The Morgan fingerprint density at radius 3 is 2.84 bits per heavy atom. The van der Waals surface area contributed by atoms with Gasteiger partial charge in [0.1, 0.15) is 17.4 Å². The number of fused-ring (bicyclic) bond motifs is 5. The summed E-state index contributed by atoms with van der Waals surface area (Å²) in [6.07, 6.45) is 0.904. The van der Waals surface area contributed by atoms with Gasteiger partial charge in [-0.25, -0.2) is 0 Å². The summed E-state index contributed by atoms with van der Waals surface area (Å²) < 4.78 is 2.15. The van der Waals surface area contributed by atoms with Crippen LogP contribution in [-0.2, 0) is 19.5 Å². The Balaban J connectivity index is 1.65. The minimum Gasteiger partial charge on any atom is -0.360 e. The molecule has 0 spiro atoms. The van der Waals surface area contributed by atoms with E-state index < -0.39 is 0 Å². The number of thiocarbonyl (C=S) groups is 1. The van der Waals surface area contributed by atoms with E-state index in [0.29, 0.717) is 17.6 Å². The lowest BCUT2D eigenvalue weighted by Gasteiger charge is -2.31. The quantitative estimate of drug-likeness (QED) is 0.566. The molecule has 4 heterocycles. The highest BCUT2D eigenvalue weighted by Crippen LogP contribution is 2.40. The van der Waals surface area contributed by atoms with Crippen molar-refractivity contribution in [2.24, 2.45) is 4.99 Å². The zero-order chi connectivity index (χ0) is 21.7. The first kappa shape index (κ1) is 20.6. The van der Waals surface area contributed by atoms with Crippen LogP contribution in [0.3, 0.4) is 0 Å². The molecule has 2 aliphatic heterocycles. The van der Waals surface area contributed by atoms with Crippen LogP contribution in [0.1, 0.15) is 47.1 Å². The van der Waals surface area contributed by atoms with E-state index in [9.17, 15) is 0 Å². The third-order valence-electron chi connectivity index (χ3n) is 5.58. The number of hydrogen-bond acceptors (Lipinski definition) is 5. The van der Waals surface area contributed by atoms with E-state index in [0.717, 1.165) is 58.1 Å². The van der Waals surface area contributed by atoms with Crippen LogP contribution in [0.25, 0.3) is 5.00 Å². The Bertz CT molecular complexity index is 1210. The molecule has 160 valence electrons. The summed E-state index contributed by atoms with van der Waals surface area (Å²) in [4.78, 5) is 8.55. The molecule has 0 saturated carbocycles. The number of aliphatic imine (C=N–C) groups is 1. The molecule has 1 N–H and O–H groups in total. The molecule has 2 aliphatic rings. The standard InChI is InChI=1S/C22H23ClN6S2/c1-12(2)25-22(30)28-9-8-15-17(11-28)31-21-19(15)20(14-6-4-5-7-16(14)23)24-10-18-27-26-13(3)29(18)21/h4-7,12H,8-11H2,1-3H3,(H,25,30). The van der Waals surface area contributed by atoms with Gasteiger partial charge >= 0.3 is 0 Å². The van der Waals surface area contributed by atoms with Gasteiger partial charge in [0.25, 0.3) is 0 Å². The number of nitrogens with one attached hydrogen (secondary N) is 1. The number of nitrogens with zero attached hydrogens (tertiary/aromatic N) is 5. The first-order chi connectivity index (χ1) is 14.9. The summed E-state index contributed by atoms with van der Waals surface area (Å²) in [5, 5.41) is 14.7. The Labute approximate surface area is 196 Å². The Morgan fingerprint density at radius 2 is 2.06 bits per heavy atom. The summed E-state index contributed by atoms with van der Waals surface area (Å²) in [5.41, 5.74) is 4.40. The summed E-state index contributed by atoms with van der Waals surface area (Å²) >= 11 is 14.0. The predicted molar refractivity (Wildman–Crippen MR) is 130 cm³/mol. The zero-order valence-electron chi connectivity index (χ0n) is 17.6. The Hall–Kier alpha value is -2.29. The van der Waals surface area contributed by atoms with Crippen molar-refractivity contribution in [3.05, 3.63) is 62.5 Å². The summed E-state index contributed by atoms with van der Waals surface area (Å²) in [7, 11) is 0. The van der Waals surface area contributed by atoms with Crippen molar-refractivity contribution in [1.82, 2.24) is 25.0 Å². The van der Waals surface area contributed by atoms with Crippen molar-refractivity contribution >= 4 is 46.0 Å². The van der Waals surface area contributed by atoms with E-state index in [-0.39, 0.29) is 0 Å². The molecule has 0 bridgehead atoms. The first-order valence-electron chi connectivity index (χ1n) is 10.3. The maximum absolute atomic E-state index is 6.61. The molecule has 1 aromatic carbocycles. The van der Waals surface area contributed by atoms with E-state index in [4.69, 9.17) is 28.8 Å². The lowest BCUT2D eigenvalue weighted by molar-refractivity contribution is 0.388. The molecule has 0 atom stereocenters. The Morgan fingerprint density at radius 1 is 1.26 bits per heavy atom. The minimum absolute atomic E-state index is 0.315. The van der Waals surface area contributed by atoms with Crippen molar-refractivity contribution in [1.29, 1.82) is 0 Å². The van der Waals surface area contributed by atoms with Gasteiger partial charge in [0, 0.05) is 33.6 Å². The van der Waals surface area contributed by atoms with Gasteiger partial charge in [0.2, 0.25) is 0 Å². The minimum atomic E-state index is 0.315. The maximum Gasteiger partial charge on any atom is 0.169 e. The molecule has 0 fully saturated rings. The van der Waals surface area contributed by atoms with Crippen LogP contribution < -0.4 is 5.32 Å². The van der Waals surface area contributed by atoms with E-state index in [1.807, 2.05) is 31.2 Å². The highest BCUT2D eigenvalue weighted by Gasteiger charge is 2.32. The largest absolute Gasteiger partial charge is 0.360 e. The van der Waals surface area contributed by atoms with Gasteiger partial charge < -0.3 is 10.2 Å². The second-order valence-electron chi connectivity index (χ2n) is 8.10. The summed E-state index contributed by atoms with van der Waals surface area (Å²) in [6.45, 7) is 8.35. The van der Waals surface area contributed by atoms with Crippen LogP contribution in [0.15, 0.2) is 29.3 Å². The SMILES string of the molecule is Cc1nnc2n1-c1sc3c(c1C(c1ccccc1Cl)=NC2)CCN(C(=S)NC(C)C)C3. The van der Waals surface area contributed by atoms with E-state index >= 15 is 0 Å². The first-order valence-corrected chi connectivity index (χ1v) is 11.9. The second-order valence-corrected chi connectivity index (χ2v) is 9.98. The number of rotatable bonds is 2. The van der Waals surface area contributed by atoms with Gasteiger partial charge in [-0.05, 0) is 51.0 Å². The van der Waals surface area contributed by atoms with Crippen molar-refractivity contribution in [3.8, 4) is 5.00 Å². The summed E-state index contributed by atoms with van der Waals surface area (Å²) in [5.74, 6) is 1.73. The fourth-order valence-electron chi connectivity index (χ4n) is 4.18. The normalized spacial score (nSPS) is 15.1. The van der Waals surface area contributed by atoms with Gasteiger partial charge in [0.15, 0.2) is 10.9 Å². The molecule has 3 aromatic rings. The van der Waals surface area contributed by atoms with E-state index in [1.165, 1.54) is 10.4 Å². The van der Waals surface area contributed by atoms with Gasteiger partial charge in [0.05, 0.1) is 12.3 Å². The highest BCUT2D eigenvalue weighted by molar-refractivity contribution is 7.80. The molecule has 0 radical (unpaired) electrons. The molecule has 0 unspecified atom stereocenters. The molecule has 5 rings (SSSR count). The topological polar surface area (TPSA) is 58.3 Å². The van der Waals surface area contributed by atoms with Crippen molar-refractivity contribution < 1.29 is 0 Å². The molecular formula is C22H23ClN6S2. The van der Waals surface area contributed by atoms with Crippen molar-refractivity contribution in [3.63, 3.8) is 0 Å². The second kappa shape index (κ2) is 8.00. The third kappa shape index (κ3) is 3.56. The van der Waals surface area contributed by atoms with Crippen LogP contribution in [0.4, 0.5) is 0 Å². The average Bonchev–Trinajstić information content (AvgIpc) is 3.23. The lowest BCUT2D eigenvalue weighted by atomic mass is 9.95. The van der Waals surface area contributed by atoms with Crippen LogP contribution in [0, 0.1) is 6.92 Å². The van der Waals surface area contributed by atoms with Crippen molar-refractivity contribution in [2.45, 2.75) is 46.3 Å². The van der Waals surface area contributed by atoms with Crippen molar-refractivity contribution in [2.75, 3.05) is 6.54 Å². The molecule has 0 aliphatic carbocycles. The molecule has 6 nitrogen and oxygen atoms in total. The average molecular weight is 471 g/mol.